The van der Waals surface area contributed by atoms with Gasteiger partial charge in [-0.2, -0.15) is 0 Å². The van der Waals surface area contributed by atoms with Crippen LogP contribution >= 0.6 is 40.1 Å². The van der Waals surface area contributed by atoms with Gasteiger partial charge in [0.05, 0.1) is 0 Å². The molecule has 0 bridgehead atoms. The quantitative estimate of drug-likeness (QED) is 0.486. The summed E-state index contributed by atoms with van der Waals surface area (Å²) >= 11 is 17.4. The van der Waals surface area contributed by atoms with Gasteiger partial charge in [-0.15, -0.1) is 11.6 Å². The number of rotatable bonds is 3. The molecule has 0 amide bonds. The number of alkyl halides is 1. The van der Waals surface area contributed by atoms with E-state index in [0.29, 0.717) is 11.5 Å². The molecule has 0 spiro atoms. The largest absolute Gasteiger partial charge is 0.126 e. The highest BCUT2D eigenvalue weighted by Crippen LogP contribution is 2.72. The third-order valence-corrected chi connectivity index (χ3v) is 7.28. The Hall–Kier alpha value is 1.30. The summed E-state index contributed by atoms with van der Waals surface area (Å²) in [4.78, 5) is 0. The van der Waals surface area contributed by atoms with Crippen molar-refractivity contribution in [1.82, 2.24) is 0 Å². The van der Waals surface area contributed by atoms with Crippen LogP contribution in [0.3, 0.4) is 0 Å². The zero-order valence-corrected chi connectivity index (χ0v) is 8.73. The Bertz CT molecular complexity index is 82.3. The van der Waals surface area contributed by atoms with Crippen LogP contribution in [-0.2, 0) is 0 Å². The normalized spacial score (nSPS) is 12.7. The van der Waals surface area contributed by atoms with Gasteiger partial charge in [-0.05, 0) is 5.66 Å². The maximum atomic E-state index is 5.96. The molecule has 0 heterocycles. The molecule has 0 aromatic carbocycles. The lowest BCUT2D eigenvalue weighted by atomic mass is 10.6. The Morgan fingerprint density at radius 1 is 1.33 bits per heavy atom. The second kappa shape index (κ2) is 4.23. The molecule has 57 valence electrons. The molecule has 0 fully saturated rings. The van der Waals surface area contributed by atoms with Crippen LogP contribution in [-0.4, -0.2) is 17.7 Å². The first-order valence-electron chi connectivity index (χ1n) is 2.83. The van der Waals surface area contributed by atoms with Crippen LogP contribution in [0.4, 0.5) is 0 Å². The van der Waals surface area contributed by atoms with Crippen LogP contribution in [0.2, 0.25) is 0 Å². The standard InChI is InChI=1S/C5H11Cl3P/c1-5(2)9(7,8)4-3-6/h5H,3-4H2,1-2H3. The molecule has 0 aliphatic rings. The first-order chi connectivity index (χ1) is 4.00. The minimum absolute atomic E-state index is 0.375. The van der Waals surface area contributed by atoms with E-state index >= 15 is 0 Å². The van der Waals surface area contributed by atoms with Crippen molar-refractivity contribution in [2.45, 2.75) is 19.5 Å². The minimum atomic E-state index is -1.70. The Morgan fingerprint density at radius 2 is 1.78 bits per heavy atom. The van der Waals surface area contributed by atoms with Crippen molar-refractivity contribution in [2.75, 3.05) is 12.0 Å². The Labute approximate surface area is 71.8 Å². The molecule has 0 N–H and O–H groups in total. The van der Waals surface area contributed by atoms with Gasteiger partial charge in [0.2, 0.25) is 0 Å². The van der Waals surface area contributed by atoms with Gasteiger partial charge in [0.1, 0.15) is 0 Å². The SMILES string of the molecule is CC(C)[P](Cl)(Cl)CCCl. The van der Waals surface area contributed by atoms with Gasteiger partial charge >= 0.3 is 0 Å². The highest BCUT2D eigenvalue weighted by Gasteiger charge is 2.24. The van der Waals surface area contributed by atoms with E-state index in [-0.39, 0.29) is 0 Å². The number of hydrogen-bond acceptors (Lipinski definition) is 0. The predicted octanol–water partition coefficient (Wildman–Crippen LogP) is 3.96. The fourth-order valence-corrected chi connectivity index (χ4v) is 2.94. The molecule has 0 nitrogen and oxygen atoms in total. The first-order valence-corrected chi connectivity index (χ1v) is 7.22. The van der Waals surface area contributed by atoms with Crippen LogP contribution in [0, 0.1) is 0 Å². The van der Waals surface area contributed by atoms with Crippen molar-refractivity contribution in [3.8, 4) is 0 Å². The van der Waals surface area contributed by atoms with E-state index < -0.39 is 5.97 Å². The van der Waals surface area contributed by atoms with E-state index in [9.17, 15) is 0 Å². The van der Waals surface area contributed by atoms with Crippen molar-refractivity contribution in [3.63, 3.8) is 0 Å². The van der Waals surface area contributed by atoms with Gasteiger partial charge in [0.25, 0.3) is 0 Å². The molecular formula is C5H11Cl3P. The summed E-state index contributed by atoms with van der Waals surface area (Å²) in [6.45, 7) is 4.06. The fourth-order valence-electron chi connectivity index (χ4n) is 0.371. The molecule has 4 heteroatoms. The van der Waals surface area contributed by atoms with Crippen LogP contribution in [0.15, 0.2) is 0 Å². The summed E-state index contributed by atoms with van der Waals surface area (Å²) in [5.41, 5.74) is 0.375. The van der Waals surface area contributed by atoms with Crippen molar-refractivity contribution in [3.05, 3.63) is 0 Å². The van der Waals surface area contributed by atoms with Crippen LogP contribution < -0.4 is 0 Å². The van der Waals surface area contributed by atoms with E-state index in [4.69, 9.17) is 34.1 Å². The van der Waals surface area contributed by atoms with E-state index in [1.165, 1.54) is 0 Å². The van der Waals surface area contributed by atoms with E-state index in [1.807, 2.05) is 13.8 Å². The highest BCUT2D eigenvalue weighted by molar-refractivity contribution is 8.17. The van der Waals surface area contributed by atoms with Gasteiger partial charge in [-0.25, -0.2) is 0 Å². The molecule has 0 aromatic heterocycles. The average Bonchev–Trinajstić information content (AvgIpc) is 1.65. The number of halogens is 3. The lowest BCUT2D eigenvalue weighted by Gasteiger charge is -2.24. The van der Waals surface area contributed by atoms with E-state index in [2.05, 4.69) is 0 Å². The molecule has 9 heavy (non-hydrogen) atoms. The van der Waals surface area contributed by atoms with E-state index in [1.54, 1.807) is 0 Å². The van der Waals surface area contributed by atoms with Crippen molar-refractivity contribution in [1.29, 1.82) is 0 Å². The van der Waals surface area contributed by atoms with E-state index in [0.717, 1.165) is 6.16 Å². The predicted molar refractivity (Wildman–Crippen MR) is 49.3 cm³/mol. The zero-order valence-electron chi connectivity index (χ0n) is 5.57. The molecular weight excluding hydrogens is 197 g/mol. The molecule has 0 aliphatic carbocycles. The monoisotopic (exact) mass is 207 g/mol. The van der Waals surface area contributed by atoms with Crippen molar-refractivity contribution < 1.29 is 0 Å². The van der Waals surface area contributed by atoms with Crippen LogP contribution in [0.25, 0.3) is 0 Å². The molecule has 0 saturated carbocycles. The Balaban J connectivity index is 3.70. The molecule has 1 radical (unpaired) electrons. The maximum Gasteiger partial charge on any atom is 0.0450 e. The highest BCUT2D eigenvalue weighted by atomic mass is 35.9. The third kappa shape index (κ3) is 3.88. The molecule has 0 aromatic rings. The summed E-state index contributed by atoms with van der Waals surface area (Å²) in [6.07, 6.45) is 0.759. The lowest BCUT2D eigenvalue weighted by Crippen LogP contribution is -1.99. The Morgan fingerprint density at radius 3 is 1.89 bits per heavy atom. The average molecular weight is 208 g/mol. The van der Waals surface area contributed by atoms with Gasteiger partial charge in [-0.3, -0.25) is 0 Å². The molecule has 0 aliphatic heterocycles. The lowest BCUT2D eigenvalue weighted by molar-refractivity contribution is 1.09. The summed E-state index contributed by atoms with van der Waals surface area (Å²) < 4.78 is 0. The second-order valence-corrected chi connectivity index (χ2v) is 9.55. The zero-order chi connectivity index (χ0) is 7.49. The smallest absolute Gasteiger partial charge is 0.0450 e. The molecule has 0 unspecified atom stereocenters. The maximum absolute atomic E-state index is 5.96. The summed E-state index contributed by atoms with van der Waals surface area (Å²) in [7, 11) is 0. The molecule has 0 atom stereocenters. The van der Waals surface area contributed by atoms with Crippen LogP contribution in [0.5, 0.6) is 0 Å². The van der Waals surface area contributed by atoms with Gasteiger partial charge in [0, 0.05) is 18.0 Å². The minimum Gasteiger partial charge on any atom is -0.126 e. The first kappa shape index (κ1) is 10.3. The molecule has 0 saturated heterocycles. The van der Waals surface area contributed by atoms with Gasteiger partial charge in [0.15, 0.2) is 0 Å². The summed E-state index contributed by atoms with van der Waals surface area (Å²) in [5, 5.41) is 0. The van der Waals surface area contributed by atoms with Crippen molar-refractivity contribution in [2.24, 2.45) is 0 Å². The van der Waals surface area contributed by atoms with Gasteiger partial charge in [-0.1, -0.05) is 36.3 Å². The Kier molecular flexibility index (Phi) is 4.85. The number of hydrogen-bond donors (Lipinski definition) is 0. The third-order valence-electron chi connectivity index (χ3n) is 1.14. The topological polar surface area (TPSA) is 0 Å². The van der Waals surface area contributed by atoms with Crippen molar-refractivity contribution >= 4 is 40.1 Å². The van der Waals surface area contributed by atoms with Crippen LogP contribution in [0.1, 0.15) is 13.8 Å². The summed E-state index contributed by atoms with van der Waals surface area (Å²) in [6, 6.07) is 0. The van der Waals surface area contributed by atoms with Gasteiger partial charge < -0.3 is 0 Å². The molecule has 0 rings (SSSR count). The second-order valence-electron chi connectivity index (χ2n) is 2.19. The fraction of sp³-hybridized carbons (Fsp3) is 1.00. The summed E-state index contributed by atoms with van der Waals surface area (Å²) in [5.74, 6) is -1.13.